The predicted octanol–water partition coefficient (Wildman–Crippen LogP) is 2.64. The number of nitrogens with one attached hydrogen (secondary N) is 2. The molecule has 2 bridgehead atoms. The summed E-state index contributed by atoms with van der Waals surface area (Å²) in [6.45, 7) is 0. The average molecular weight is 318 g/mol. The molecule has 5 nitrogen and oxygen atoms in total. The third-order valence-corrected chi connectivity index (χ3v) is 5.57. The average Bonchev–Trinajstić information content (AvgIpc) is 3.28. The molecule has 1 amide bonds. The molecule has 3 atom stereocenters. The summed E-state index contributed by atoms with van der Waals surface area (Å²) >= 11 is 1.44. The summed E-state index contributed by atoms with van der Waals surface area (Å²) in [6.07, 6.45) is 3.45. The molecule has 0 aromatic carbocycles. The van der Waals surface area contributed by atoms with Gasteiger partial charge in [-0.2, -0.15) is 0 Å². The van der Waals surface area contributed by atoms with Gasteiger partial charge in [-0.15, -0.1) is 11.3 Å². The van der Waals surface area contributed by atoms with Crippen LogP contribution in [-0.2, 0) is 0 Å². The molecular formula is C16H18N2O3S. The molecule has 0 aliphatic carbocycles. The number of hydrogen-bond acceptors (Lipinski definition) is 5. The number of rotatable bonds is 4. The minimum atomic E-state index is 0.00845. The molecule has 6 heteroatoms. The van der Waals surface area contributed by atoms with E-state index >= 15 is 0 Å². The molecule has 2 N–H and O–H groups in total. The van der Waals surface area contributed by atoms with Crippen LogP contribution in [0.5, 0.6) is 5.95 Å². The second kappa shape index (κ2) is 5.44. The Kier molecular flexibility index (Phi) is 3.43. The zero-order valence-corrected chi connectivity index (χ0v) is 13.1. The molecule has 0 spiro atoms. The van der Waals surface area contributed by atoms with Crippen LogP contribution in [0.25, 0.3) is 10.6 Å². The maximum Gasteiger partial charge on any atom is 0.284 e. The van der Waals surface area contributed by atoms with Gasteiger partial charge >= 0.3 is 0 Å². The molecule has 4 heterocycles. The monoisotopic (exact) mass is 318 g/mol. The molecule has 2 aromatic rings. The van der Waals surface area contributed by atoms with Gasteiger partial charge in [0.25, 0.3) is 11.9 Å². The van der Waals surface area contributed by atoms with Crippen LogP contribution in [0, 0.1) is 0 Å². The smallest absolute Gasteiger partial charge is 0.284 e. The van der Waals surface area contributed by atoms with Crippen molar-refractivity contribution in [2.45, 2.75) is 37.4 Å². The highest BCUT2D eigenvalue weighted by Crippen LogP contribution is 2.32. The molecule has 2 aromatic heterocycles. The standard InChI is InChI=1S/C16H18N2O3S/c1-20-15-7-4-12(21-15)13-5-6-14(22-13)16(19)18-11-8-9-2-3-10(11)17-9/h4-7,9-11,17H,2-3,8H2,1H3,(H,18,19)/t9-,10+,11-/m1/s1. The highest BCUT2D eigenvalue weighted by atomic mass is 32.1. The van der Waals surface area contributed by atoms with Gasteiger partial charge in [-0.3, -0.25) is 4.79 Å². The van der Waals surface area contributed by atoms with Gasteiger partial charge in [0, 0.05) is 24.2 Å². The van der Waals surface area contributed by atoms with Gasteiger partial charge in [-0.05, 0) is 37.5 Å². The van der Waals surface area contributed by atoms with Gasteiger partial charge in [0.05, 0.1) is 16.9 Å². The number of carbonyl (C=O) groups is 1. The van der Waals surface area contributed by atoms with Crippen LogP contribution in [0.15, 0.2) is 28.7 Å². The lowest BCUT2D eigenvalue weighted by molar-refractivity contribution is 0.0935. The lowest BCUT2D eigenvalue weighted by Crippen LogP contribution is -2.42. The summed E-state index contributed by atoms with van der Waals surface area (Å²) in [6, 6.07) is 8.69. The maximum atomic E-state index is 12.4. The van der Waals surface area contributed by atoms with Gasteiger partial charge in [-0.25, -0.2) is 0 Å². The van der Waals surface area contributed by atoms with Crippen LogP contribution >= 0.6 is 11.3 Å². The third-order valence-electron chi connectivity index (χ3n) is 4.47. The number of ether oxygens (including phenoxy) is 1. The van der Waals surface area contributed by atoms with E-state index < -0.39 is 0 Å². The molecule has 0 saturated carbocycles. The van der Waals surface area contributed by atoms with Crippen molar-refractivity contribution in [1.29, 1.82) is 0 Å². The molecule has 2 saturated heterocycles. The minimum Gasteiger partial charge on any atom is -0.468 e. The number of furan rings is 1. The van der Waals surface area contributed by atoms with E-state index in [4.69, 9.17) is 9.15 Å². The first-order valence-corrected chi connectivity index (χ1v) is 8.35. The van der Waals surface area contributed by atoms with Crippen LogP contribution in [-0.4, -0.2) is 31.1 Å². The molecule has 0 unspecified atom stereocenters. The maximum absolute atomic E-state index is 12.4. The fraction of sp³-hybridized carbons (Fsp3) is 0.438. The number of methoxy groups -OCH3 is 1. The van der Waals surface area contributed by atoms with Crippen LogP contribution in [0.1, 0.15) is 28.9 Å². The molecule has 2 aliphatic rings. The molecule has 22 heavy (non-hydrogen) atoms. The lowest BCUT2D eigenvalue weighted by atomic mass is 9.95. The Hall–Kier alpha value is -1.79. The quantitative estimate of drug-likeness (QED) is 0.910. The summed E-state index contributed by atoms with van der Waals surface area (Å²) in [4.78, 5) is 14.0. The number of carbonyl (C=O) groups excluding carboxylic acids is 1. The predicted molar refractivity (Wildman–Crippen MR) is 84.4 cm³/mol. The Labute approximate surface area is 132 Å². The normalized spacial score (nSPS) is 26.3. The van der Waals surface area contributed by atoms with E-state index in [1.165, 1.54) is 17.8 Å². The SMILES string of the molecule is COc1ccc(-c2ccc(C(=O)N[C@@H]3C[C@H]4CC[C@@H]3N4)s2)o1. The van der Waals surface area contributed by atoms with Crippen molar-refractivity contribution in [3.63, 3.8) is 0 Å². The fourth-order valence-electron chi connectivity index (χ4n) is 3.38. The van der Waals surface area contributed by atoms with Gasteiger partial charge in [0.1, 0.15) is 5.76 Å². The number of amides is 1. The van der Waals surface area contributed by atoms with Gasteiger partial charge in [-0.1, -0.05) is 0 Å². The molecule has 2 fully saturated rings. The molecule has 0 radical (unpaired) electrons. The van der Waals surface area contributed by atoms with Crippen LogP contribution < -0.4 is 15.4 Å². The van der Waals surface area contributed by atoms with E-state index in [2.05, 4.69) is 10.6 Å². The van der Waals surface area contributed by atoms with E-state index in [9.17, 15) is 4.79 Å². The van der Waals surface area contributed by atoms with E-state index in [1.807, 2.05) is 18.2 Å². The minimum absolute atomic E-state index is 0.00845. The van der Waals surface area contributed by atoms with Crippen molar-refractivity contribution >= 4 is 17.2 Å². The highest BCUT2D eigenvalue weighted by Gasteiger charge is 2.39. The van der Waals surface area contributed by atoms with Crippen LogP contribution in [0.2, 0.25) is 0 Å². The first kappa shape index (κ1) is 13.8. The number of hydrogen-bond donors (Lipinski definition) is 2. The zero-order chi connectivity index (χ0) is 15.1. The lowest BCUT2D eigenvalue weighted by Gasteiger charge is -2.20. The van der Waals surface area contributed by atoms with Gasteiger partial charge < -0.3 is 19.8 Å². The Bertz CT molecular complexity index is 693. The second-order valence-electron chi connectivity index (χ2n) is 5.85. The van der Waals surface area contributed by atoms with Crippen molar-refractivity contribution in [3.8, 4) is 16.6 Å². The van der Waals surface area contributed by atoms with Gasteiger partial charge in [0.2, 0.25) is 0 Å². The fourth-order valence-corrected chi connectivity index (χ4v) is 4.25. The summed E-state index contributed by atoms with van der Waals surface area (Å²) < 4.78 is 10.6. The van der Waals surface area contributed by atoms with Crippen molar-refractivity contribution in [3.05, 3.63) is 29.1 Å². The second-order valence-corrected chi connectivity index (χ2v) is 6.93. The van der Waals surface area contributed by atoms with Gasteiger partial charge in [0.15, 0.2) is 0 Å². The first-order chi connectivity index (χ1) is 10.7. The Morgan fingerprint density at radius 2 is 2.27 bits per heavy atom. The molecular weight excluding hydrogens is 300 g/mol. The van der Waals surface area contributed by atoms with E-state index in [0.29, 0.717) is 22.9 Å². The van der Waals surface area contributed by atoms with Crippen molar-refractivity contribution in [2.75, 3.05) is 7.11 Å². The number of fused-ring (bicyclic) bond motifs is 2. The topological polar surface area (TPSA) is 63.5 Å². The molecule has 116 valence electrons. The van der Waals surface area contributed by atoms with Crippen molar-refractivity contribution in [2.24, 2.45) is 0 Å². The van der Waals surface area contributed by atoms with Crippen molar-refractivity contribution in [1.82, 2.24) is 10.6 Å². The van der Waals surface area contributed by atoms with Crippen LogP contribution in [0.3, 0.4) is 0 Å². The zero-order valence-electron chi connectivity index (χ0n) is 12.3. The molecule has 2 aliphatic heterocycles. The Morgan fingerprint density at radius 3 is 2.95 bits per heavy atom. The Balaban J connectivity index is 1.45. The molecule has 4 rings (SSSR count). The number of thiophene rings is 1. The Morgan fingerprint density at radius 1 is 1.36 bits per heavy atom. The summed E-state index contributed by atoms with van der Waals surface area (Å²) in [7, 11) is 1.57. The first-order valence-electron chi connectivity index (χ1n) is 7.54. The van der Waals surface area contributed by atoms with Crippen LogP contribution in [0.4, 0.5) is 0 Å². The summed E-state index contributed by atoms with van der Waals surface area (Å²) in [5.41, 5.74) is 0. The van der Waals surface area contributed by atoms with E-state index in [0.717, 1.165) is 23.5 Å². The van der Waals surface area contributed by atoms with E-state index in [-0.39, 0.29) is 11.9 Å². The summed E-state index contributed by atoms with van der Waals surface area (Å²) in [5, 5.41) is 6.70. The third kappa shape index (κ3) is 2.42. The largest absolute Gasteiger partial charge is 0.468 e. The van der Waals surface area contributed by atoms with Crippen molar-refractivity contribution < 1.29 is 13.9 Å². The highest BCUT2D eigenvalue weighted by molar-refractivity contribution is 7.17. The van der Waals surface area contributed by atoms with E-state index in [1.54, 1.807) is 13.2 Å². The summed E-state index contributed by atoms with van der Waals surface area (Å²) in [5.74, 6) is 1.21.